The number of amides is 1. The fraction of sp³-hybridized carbons (Fsp3) is 0.955. The van der Waals surface area contributed by atoms with E-state index in [1.807, 2.05) is 0 Å². The van der Waals surface area contributed by atoms with Gasteiger partial charge in [-0.2, -0.15) is 0 Å². The number of rotatable bonds is 59. The van der Waals surface area contributed by atoms with Crippen LogP contribution in [0.15, 0.2) is 12.2 Å². The first-order valence-corrected chi connectivity index (χ1v) is 33.4. The van der Waals surface area contributed by atoms with Crippen LogP contribution in [0.1, 0.15) is 348 Å². The van der Waals surface area contributed by atoms with Crippen molar-refractivity contribution in [2.75, 3.05) is 13.2 Å². The van der Waals surface area contributed by atoms with Crippen LogP contribution in [0.5, 0.6) is 0 Å². The molecule has 6 N–H and O–H groups in total. The molecule has 1 aliphatic rings. The van der Waals surface area contributed by atoms with E-state index in [4.69, 9.17) is 9.47 Å². The Bertz CT molecular complexity index is 1190. The minimum atomic E-state index is -1.55. The predicted octanol–water partition coefficient (Wildman–Crippen LogP) is 17.5. The summed E-state index contributed by atoms with van der Waals surface area (Å²) in [7, 11) is 0. The highest BCUT2D eigenvalue weighted by Gasteiger charge is 2.44. The van der Waals surface area contributed by atoms with E-state index in [2.05, 4.69) is 31.3 Å². The van der Waals surface area contributed by atoms with Crippen LogP contribution in [0.25, 0.3) is 0 Å². The van der Waals surface area contributed by atoms with Crippen LogP contribution < -0.4 is 5.32 Å². The molecule has 9 nitrogen and oxygen atoms in total. The average Bonchev–Trinajstić information content (AvgIpc) is 3.41. The van der Waals surface area contributed by atoms with Gasteiger partial charge in [0.05, 0.1) is 25.4 Å². The number of unbranched alkanes of at least 4 members (excludes halogenated alkanes) is 47. The third-order valence-electron chi connectivity index (χ3n) is 16.4. The third-order valence-corrected chi connectivity index (χ3v) is 16.4. The maximum absolute atomic E-state index is 13.1. The molecule has 1 fully saturated rings. The van der Waals surface area contributed by atoms with Crippen molar-refractivity contribution in [1.29, 1.82) is 0 Å². The van der Waals surface area contributed by atoms with Gasteiger partial charge in [0.15, 0.2) is 6.29 Å². The standard InChI is InChI=1S/C66H129NO8/c1-3-5-7-9-11-13-15-17-19-21-23-24-25-26-27-28-29-30-31-32-33-34-35-36-38-40-42-44-46-48-50-52-54-56-62(70)67-59(58-74-66-65(73)64(72)63(71)61(57-68)75-66)60(69)55-53-51-49-47-45-43-41-39-37-22-20-18-16-14-12-10-8-6-4-2/h21,23,59-61,63-66,68-69,71-73H,3-20,22,24-58H2,1-2H3,(H,67,70)/b23-21-. The molecule has 0 spiro atoms. The smallest absolute Gasteiger partial charge is 0.220 e. The zero-order valence-electron chi connectivity index (χ0n) is 49.8. The normalized spacial score (nSPS) is 18.8. The van der Waals surface area contributed by atoms with Crippen LogP contribution in [0, 0.1) is 0 Å². The van der Waals surface area contributed by atoms with Crippen molar-refractivity contribution in [3.8, 4) is 0 Å². The second-order valence-electron chi connectivity index (χ2n) is 23.6. The van der Waals surface area contributed by atoms with Crippen molar-refractivity contribution in [3.05, 3.63) is 12.2 Å². The molecule has 0 aromatic carbocycles. The molecule has 0 saturated carbocycles. The molecule has 1 aliphatic heterocycles. The average molecular weight is 1060 g/mol. The van der Waals surface area contributed by atoms with E-state index >= 15 is 0 Å². The lowest BCUT2D eigenvalue weighted by molar-refractivity contribution is -0.302. The second kappa shape index (κ2) is 56.2. The van der Waals surface area contributed by atoms with Crippen LogP contribution in [-0.2, 0) is 14.3 Å². The lowest BCUT2D eigenvalue weighted by atomic mass is 9.99. The third kappa shape index (κ3) is 45.4. The number of ether oxygens (including phenoxy) is 2. The van der Waals surface area contributed by atoms with Crippen LogP contribution >= 0.6 is 0 Å². The molecule has 0 aromatic heterocycles. The van der Waals surface area contributed by atoms with E-state index in [9.17, 15) is 30.3 Å². The van der Waals surface area contributed by atoms with Crippen LogP contribution in [0.3, 0.4) is 0 Å². The Kier molecular flexibility index (Phi) is 53.9. The van der Waals surface area contributed by atoms with E-state index in [1.165, 1.54) is 283 Å². The van der Waals surface area contributed by atoms with Gasteiger partial charge in [0, 0.05) is 6.42 Å². The molecule has 1 rings (SSSR count). The number of carbonyl (C=O) groups excluding carboxylic acids is 1. The Balaban J connectivity index is 2.08. The minimum Gasteiger partial charge on any atom is -0.394 e. The van der Waals surface area contributed by atoms with Crippen molar-refractivity contribution in [2.24, 2.45) is 0 Å². The maximum atomic E-state index is 13.1. The molecule has 9 heteroatoms. The Morgan fingerprint density at radius 2 is 0.747 bits per heavy atom. The summed E-state index contributed by atoms with van der Waals surface area (Å²) in [6, 6.07) is -0.716. The van der Waals surface area contributed by atoms with Crippen LogP contribution in [0.2, 0.25) is 0 Å². The van der Waals surface area contributed by atoms with Gasteiger partial charge in [0.2, 0.25) is 5.91 Å². The van der Waals surface area contributed by atoms with E-state index in [1.54, 1.807) is 0 Å². The summed E-state index contributed by atoms with van der Waals surface area (Å²) in [5, 5.41) is 54.8. The Hall–Kier alpha value is -1.07. The Labute approximate surface area is 465 Å². The first-order valence-electron chi connectivity index (χ1n) is 33.4. The van der Waals surface area contributed by atoms with Gasteiger partial charge in [-0.1, -0.05) is 315 Å². The monoisotopic (exact) mass is 1060 g/mol. The maximum Gasteiger partial charge on any atom is 0.220 e. The van der Waals surface area contributed by atoms with Gasteiger partial charge >= 0.3 is 0 Å². The molecule has 446 valence electrons. The molecule has 7 unspecified atom stereocenters. The molecule has 1 heterocycles. The molecule has 75 heavy (non-hydrogen) atoms. The highest BCUT2D eigenvalue weighted by atomic mass is 16.7. The predicted molar refractivity (Wildman–Crippen MR) is 318 cm³/mol. The summed E-state index contributed by atoms with van der Waals surface area (Å²) in [4.78, 5) is 13.1. The summed E-state index contributed by atoms with van der Waals surface area (Å²) in [5.41, 5.74) is 0. The molecule has 0 radical (unpaired) electrons. The lowest BCUT2D eigenvalue weighted by Crippen LogP contribution is -2.60. The minimum absolute atomic E-state index is 0.132. The van der Waals surface area contributed by atoms with Gasteiger partial charge < -0.3 is 40.3 Å². The summed E-state index contributed by atoms with van der Waals surface area (Å²) >= 11 is 0. The molecule has 1 saturated heterocycles. The number of carbonyl (C=O) groups is 1. The Morgan fingerprint density at radius 1 is 0.440 bits per heavy atom. The lowest BCUT2D eigenvalue weighted by Gasteiger charge is -2.40. The van der Waals surface area contributed by atoms with Gasteiger partial charge in [-0.3, -0.25) is 4.79 Å². The van der Waals surface area contributed by atoms with Gasteiger partial charge in [0.25, 0.3) is 0 Å². The topological polar surface area (TPSA) is 149 Å². The van der Waals surface area contributed by atoms with E-state index < -0.39 is 49.5 Å². The Morgan fingerprint density at radius 3 is 1.08 bits per heavy atom. The fourth-order valence-electron chi connectivity index (χ4n) is 11.1. The number of aliphatic hydroxyl groups excluding tert-OH is 5. The summed E-state index contributed by atoms with van der Waals surface area (Å²) in [6.07, 6.45) is 64.2. The molecular formula is C66H129NO8. The van der Waals surface area contributed by atoms with Crippen LogP contribution in [0.4, 0.5) is 0 Å². The zero-order valence-corrected chi connectivity index (χ0v) is 49.8. The number of hydrogen-bond donors (Lipinski definition) is 6. The van der Waals surface area contributed by atoms with Gasteiger partial charge in [0.1, 0.15) is 24.4 Å². The van der Waals surface area contributed by atoms with Crippen molar-refractivity contribution >= 4 is 5.91 Å². The van der Waals surface area contributed by atoms with Crippen molar-refractivity contribution < 1.29 is 39.8 Å². The van der Waals surface area contributed by atoms with E-state index in [-0.39, 0.29) is 12.5 Å². The molecule has 0 aliphatic carbocycles. The summed E-state index contributed by atoms with van der Waals surface area (Å²) in [5.74, 6) is -0.135. The van der Waals surface area contributed by atoms with Crippen molar-refractivity contribution in [3.63, 3.8) is 0 Å². The SMILES string of the molecule is CCCCCCCCCC/C=C\CCCCCCCCCCCCCCCCCCCCCCCC(=O)NC(COC1OC(CO)C(O)C(O)C1O)C(O)CCCCCCCCCCCCCCCCCCCCC. The van der Waals surface area contributed by atoms with Crippen molar-refractivity contribution in [2.45, 2.75) is 391 Å². The van der Waals surface area contributed by atoms with Crippen molar-refractivity contribution in [1.82, 2.24) is 5.32 Å². The van der Waals surface area contributed by atoms with Crippen LogP contribution in [-0.4, -0.2) is 87.5 Å². The number of hydrogen-bond acceptors (Lipinski definition) is 8. The molecule has 7 atom stereocenters. The van der Waals surface area contributed by atoms with Gasteiger partial charge in [-0.15, -0.1) is 0 Å². The molecular weight excluding hydrogens is 935 g/mol. The molecule has 1 amide bonds. The molecule has 0 aromatic rings. The van der Waals surface area contributed by atoms with Gasteiger partial charge in [-0.05, 0) is 38.5 Å². The van der Waals surface area contributed by atoms with Gasteiger partial charge in [-0.25, -0.2) is 0 Å². The first kappa shape index (κ1) is 71.9. The summed E-state index contributed by atoms with van der Waals surface area (Å²) < 4.78 is 11.4. The highest BCUT2D eigenvalue weighted by Crippen LogP contribution is 2.24. The second-order valence-corrected chi connectivity index (χ2v) is 23.6. The summed E-state index contributed by atoms with van der Waals surface area (Å²) in [6.45, 7) is 3.89. The number of nitrogens with one attached hydrogen (secondary N) is 1. The zero-order chi connectivity index (χ0) is 54.3. The van der Waals surface area contributed by atoms with E-state index in [0.29, 0.717) is 12.8 Å². The van der Waals surface area contributed by atoms with E-state index in [0.717, 1.165) is 38.5 Å². The number of aliphatic hydroxyl groups is 5. The number of allylic oxidation sites excluding steroid dienone is 2. The highest BCUT2D eigenvalue weighted by molar-refractivity contribution is 5.76. The first-order chi connectivity index (χ1) is 36.8. The fourth-order valence-corrected chi connectivity index (χ4v) is 11.1. The molecule has 0 bridgehead atoms. The quantitative estimate of drug-likeness (QED) is 0.0261. The largest absolute Gasteiger partial charge is 0.394 e.